The Morgan fingerprint density at radius 1 is 1.32 bits per heavy atom. The largest absolute Gasteiger partial charge is 0.385 e. The number of carbonyl (C=O) groups is 1. The van der Waals surface area contributed by atoms with E-state index in [-0.39, 0.29) is 18.6 Å². The Bertz CT molecular complexity index is 701. The SMILES string of the molecule is C/C(=N/OCC(=O)NC1CCN(Cc2ccccc2)C1)c1cccs1. The van der Waals surface area contributed by atoms with Gasteiger partial charge in [-0.05, 0) is 30.4 Å². The molecule has 2 heterocycles. The summed E-state index contributed by atoms with van der Waals surface area (Å²) in [5, 5.41) is 9.03. The maximum absolute atomic E-state index is 12.0. The lowest BCUT2D eigenvalue weighted by atomic mass is 10.2. The van der Waals surface area contributed by atoms with Crippen molar-refractivity contribution in [3.8, 4) is 0 Å². The van der Waals surface area contributed by atoms with Crippen LogP contribution in [0.4, 0.5) is 0 Å². The summed E-state index contributed by atoms with van der Waals surface area (Å²) in [5.74, 6) is -0.116. The van der Waals surface area contributed by atoms with Gasteiger partial charge in [0, 0.05) is 25.7 Å². The highest BCUT2D eigenvalue weighted by Gasteiger charge is 2.23. The molecular formula is C19H23N3O2S. The normalized spacial score (nSPS) is 18.3. The summed E-state index contributed by atoms with van der Waals surface area (Å²) in [4.78, 5) is 20.6. The van der Waals surface area contributed by atoms with Gasteiger partial charge in [0.05, 0.1) is 10.6 Å². The third-order valence-corrected chi connectivity index (χ3v) is 5.14. The molecule has 1 saturated heterocycles. The average Bonchev–Trinajstić information content (AvgIpc) is 3.28. The van der Waals surface area contributed by atoms with Gasteiger partial charge < -0.3 is 10.2 Å². The third kappa shape index (κ3) is 5.41. The highest BCUT2D eigenvalue weighted by Crippen LogP contribution is 2.13. The number of hydrogen-bond acceptors (Lipinski definition) is 5. The van der Waals surface area contributed by atoms with Gasteiger partial charge in [-0.25, -0.2) is 0 Å². The lowest BCUT2D eigenvalue weighted by Gasteiger charge is -2.16. The molecule has 0 radical (unpaired) electrons. The van der Waals surface area contributed by atoms with Crippen molar-refractivity contribution in [3.63, 3.8) is 0 Å². The van der Waals surface area contributed by atoms with Gasteiger partial charge >= 0.3 is 0 Å². The van der Waals surface area contributed by atoms with Gasteiger partial charge in [-0.3, -0.25) is 9.69 Å². The minimum Gasteiger partial charge on any atom is -0.385 e. The van der Waals surface area contributed by atoms with E-state index in [1.54, 1.807) is 11.3 Å². The second kappa shape index (κ2) is 8.78. The molecule has 1 aromatic heterocycles. The topological polar surface area (TPSA) is 53.9 Å². The van der Waals surface area contributed by atoms with E-state index in [0.717, 1.165) is 36.6 Å². The average molecular weight is 357 g/mol. The quantitative estimate of drug-likeness (QED) is 0.612. The number of nitrogens with zero attached hydrogens (tertiary/aromatic N) is 2. The number of benzene rings is 1. The van der Waals surface area contributed by atoms with Crippen molar-refractivity contribution in [1.29, 1.82) is 0 Å². The zero-order chi connectivity index (χ0) is 17.5. The lowest BCUT2D eigenvalue weighted by molar-refractivity contribution is -0.126. The van der Waals surface area contributed by atoms with Crippen LogP contribution < -0.4 is 5.32 Å². The van der Waals surface area contributed by atoms with Crippen molar-refractivity contribution < 1.29 is 9.63 Å². The number of carbonyl (C=O) groups excluding carboxylic acids is 1. The van der Waals surface area contributed by atoms with Crippen molar-refractivity contribution in [2.75, 3.05) is 19.7 Å². The summed E-state index contributed by atoms with van der Waals surface area (Å²) in [6, 6.07) is 14.5. The molecular weight excluding hydrogens is 334 g/mol. The first-order valence-electron chi connectivity index (χ1n) is 8.47. The van der Waals surface area contributed by atoms with E-state index in [0.29, 0.717) is 0 Å². The summed E-state index contributed by atoms with van der Waals surface area (Å²) in [5.41, 5.74) is 2.09. The van der Waals surface area contributed by atoms with Gasteiger partial charge in [-0.2, -0.15) is 0 Å². The molecule has 25 heavy (non-hydrogen) atoms. The van der Waals surface area contributed by atoms with Gasteiger partial charge in [-0.15, -0.1) is 11.3 Å². The Labute approximate surface area is 152 Å². The van der Waals surface area contributed by atoms with Gasteiger partial charge in [0.25, 0.3) is 5.91 Å². The summed E-state index contributed by atoms with van der Waals surface area (Å²) in [6.45, 7) is 4.63. The number of oxime groups is 1. The second-order valence-electron chi connectivity index (χ2n) is 6.20. The van der Waals surface area contributed by atoms with E-state index in [1.165, 1.54) is 5.56 Å². The fourth-order valence-electron chi connectivity index (χ4n) is 2.92. The fraction of sp³-hybridized carbons (Fsp3) is 0.368. The molecule has 5 nitrogen and oxygen atoms in total. The van der Waals surface area contributed by atoms with E-state index in [4.69, 9.17) is 4.84 Å². The van der Waals surface area contributed by atoms with Gasteiger partial charge in [0.1, 0.15) is 0 Å². The molecule has 1 aromatic carbocycles. The monoisotopic (exact) mass is 357 g/mol. The summed E-state index contributed by atoms with van der Waals surface area (Å²) in [7, 11) is 0. The maximum atomic E-state index is 12.0. The van der Waals surface area contributed by atoms with Crippen molar-refractivity contribution in [2.45, 2.75) is 25.9 Å². The molecule has 0 aliphatic carbocycles. The van der Waals surface area contributed by atoms with Crippen LogP contribution in [0.15, 0.2) is 53.0 Å². The minimum absolute atomic E-state index is 0.0437. The Hall–Kier alpha value is -2.18. The number of amides is 1. The summed E-state index contributed by atoms with van der Waals surface area (Å²) < 4.78 is 0. The van der Waals surface area contributed by atoms with E-state index in [2.05, 4.69) is 39.6 Å². The number of likely N-dealkylation sites (tertiary alicyclic amines) is 1. The van der Waals surface area contributed by atoms with E-state index < -0.39 is 0 Å². The molecule has 1 unspecified atom stereocenters. The fourth-order valence-corrected chi connectivity index (χ4v) is 3.59. The predicted octanol–water partition coefficient (Wildman–Crippen LogP) is 2.88. The third-order valence-electron chi connectivity index (χ3n) is 4.16. The van der Waals surface area contributed by atoms with Gasteiger partial charge in [0.15, 0.2) is 6.61 Å². The molecule has 1 fully saturated rings. The highest BCUT2D eigenvalue weighted by molar-refractivity contribution is 7.12. The Morgan fingerprint density at radius 2 is 2.16 bits per heavy atom. The van der Waals surface area contributed by atoms with E-state index in [9.17, 15) is 4.79 Å². The number of thiophene rings is 1. The van der Waals surface area contributed by atoms with Crippen LogP contribution in [0, 0.1) is 0 Å². The molecule has 0 saturated carbocycles. The predicted molar refractivity (Wildman–Crippen MR) is 101 cm³/mol. The van der Waals surface area contributed by atoms with Crippen LogP contribution in [0.25, 0.3) is 0 Å². The molecule has 6 heteroatoms. The van der Waals surface area contributed by atoms with Crippen LogP contribution in [0.2, 0.25) is 0 Å². The molecule has 1 N–H and O–H groups in total. The first kappa shape index (κ1) is 17.6. The zero-order valence-corrected chi connectivity index (χ0v) is 15.2. The molecule has 1 aliphatic heterocycles. The minimum atomic E-state index is -0.116. The first-order chi connectivity index (χ1) is 12.2. The van der Waals surface area contributed by atoms with Crippen molar-refractivity contribution in [1.82, 2.24) is 10.2 Å². The molecule has 1 aliphatic rings. The highest BCUT2D eigenvalue weighted by atomic mass is 32.1. The molecule has 2 aromatic rings. The van der Waals surface area contributed by atoms with Crippen LogP contribution in [-0.4, -0.2) is 42.3 Å². The molecule has 132 valence electrons. The number of rotatable bonds is 7. The first-order valence-corrected chi connectivity index (χ1v) is 9.35. The standard InChI is InChI=1S/C19H23N3O2S/c1-15(18-8-5-11-25-18)21-24-14-19(23)20-17-9-10-22(13-17)12-16-6-3-2-4-7-16/h2-8,11,17H,9-10,12-14H2,1H3,(H,20,23)/b21-15-. The maximum Gasteiger partial charge on any atom is 0.261 e. The van der Waals surface area contributed by atoms with E-state index in [1.807, 2.05) is 30.5 Å². The van der Waals surface area contributed by atoms with Crippen LogP contribution in [0.1, 0.15) is 23.8 Å². The second-order valence-corrected chi connectivity index (χ2v) is 7.15. The molecule has 0 spiro atoms. The lowest BCUT2D eigenvalue weighted by Crippen LogP contribution is -2.38. The van der Waals surface area contributed by atoms with E-state index >= 15 is 0 Å². The molecule has 3 rings (SSSR count). The Kier molecular flexibility index (Phi) is 6.19. The number of hydrogen-bond donors (Lipinski definition) is 1. The molecule has 1 amide bonds. The van der Waals surface area contributed by atoms with Crippen molar-refractivity contribution >= 4 is 23.0 Å². The Balaban J connectivity index is 1.38. The molecule has 0 bridgehead atoms. The van der Waals surface area contributed by atoms with Crippen LogP contribution in [0.5, 0.6) is 0 Å². The van der Waals surface area contributed by atoms with Crippen molar-refractivity contribution in [2.24, 2.45) is 5.16 Å². The summed E-state index contributed by atoms with van der Waals surface area (Å²) >= 11 is 1.60. The van der Waals surface area contributed by atoms with Crippen LogP contribution in [-0.2, 0) is 16.2 Å². The Morgan fingerprint density at radius 3 is 2.92 bits per heavy atom. The van der Waals surface area contributed by atoms with Crippen LogP contribution in [0.3, 0.4) is 0 Å². The van der Waals surface area contributed by atoms with Crippen molar-refractivity contribution in [3.05, 3.63) is 58.3 Å². The van der Waals surface area contributed by atoms with Crippen LogP contribution >= 0.6 is 11.3 Å². The molecule has 1 atom stereocenters. The van der Waals surface area contributed by atoms with Gasteiger partial charge in [0.2, 0.25) is 0 Å². The van der Waals surface area contributed by atoms with Gasteiger partial charge in [-0.1, -0.05) is 41.6 Å². The smallest absolute Gasteiger partial charge is 0.261 e. The summed E-state index contributed by atoms with van der Waals surface area (Å²) in [6.07, 6.45) is 0.968. The number of nitrogens with one attached hydrogen (secondary N) is 1. The zero-order valence-electron chi connectivity index (χ0n) is 14.4.